The van der Waals surface area contributed by atoms with Crippen molar-refractivity contribution in [3.8, 4) is 0 Å². The zero-order chi connectivity index (χ0) is 10.9. The van der Waals surface area contributed by atoms with Gasteiger partial charge in [0.25, 0.3) is 0 Å². The van der Waals surface area contributed by atoms with E-state index in [1.54, 1.807) is 6.20 Å². The van der Waals surface area contributed by atoms with Crippen LogP contribution in [0.2, 0.25) is 0 Å². The number of ether oxygens (including phenoxy) is 1. The lowest BCUT2D eigenvalue weighted by Crippen LogP contribution is -1.91. The minimum Gasteiger partial charge on any atom is -0.373 e. The average molecular weight is 203 g/mol. The Morgan fingerprint density at radius 3 is 2.87 bits per heavy atom. The maximum atomic E-state index is 5.38. The molecule has 2 nitrogen and oxygen atoms in total. The standard InChI is InChI=1S/C13H17NO/c1-12(2)8-11-15-10-5-7-13-6-3-4-9-14-13/h3-9H,10-11H2,1-2H3/b7-5+. The first-order valence-electron chi connectivity index (χ1n) is 5.08. The molecular weight excluding hydrogens is 186 g/mol. The van der Waals surface area contributed by atoms with E-state index in [1.165, 1.54) is 5.57 Å². The van der Waals surface area contributed by atoms with Crippen molar-refractivity contribution >= 4 is 6.08 Å². The van der Waals surface area contributed by atoms with Crippen LogP contribution in [-0.2, 0) is 4.74 Å². The maximum Gasteiger partial charge on any atom is 0.0655 e. The lowest BCUT2D eigenvalue weighted by atomic mass is 10.3. The number of pyridine rings is 1. The summed E-state index contributed by atoms with van der Waals surface area (Å²) in [6, 6.07) is 5.84. The smallest absolute Gasteiger partial charge is 0.0655 e. The molecule has 0 radical (unpaired) electrons. The first-order chi connectivity index (χ1) is 7.29. The molecular formula is C13H17NO. The number of allylic oxidation sites excluding steroid dienone is 1. The van der Waals surface area contributed by atoms with E-state index in [2.05, 4.69) is 24.9 Å². The Bertz CT molecular complexity index is 324. The van der Waals surface area contributed by atoms with Crippen LogP contribution in [0.25, 0.3) is 6.08 Å². The van der Waals surface area contributed by atoms with Crippen molar-refractivity contribution in [3.05, 3.63) is 47.8 Å². The Morgan fingerprint density at radius 2 is 2.20 bits per heavy atom. The van der Waals surface area contributed by atoms with Gasteiger partial charge in [-0.25, -0.2) is 0 Å². The molecule has 2 heteroatoms. The Labute approximate surface area is 91.3 Å². The third-order valence-corrected chi connectivity index (χ3v) is 1.80. The summed E-state index contributed by atoms with van der Waals surface area (Å²) in [7, 11) is 0. The lowest BCUT2D eigenvalue weighted by molar-refractivity contribution is 0.194. The summed E-state index contributed by atoms with van der Waals surface area (Å²) in [5.41, 5.74) is 2.24. The topological polar surface area (TPSA) is 22.1 Å². The molecule has 1 heterocycles. The molecule has 1 aromatic heterocycles. The molecule has 80 valence electrons. The van der Waals surface area contributed by atoms with Gasteiger partial charge in [-0.3, -0.25) is 4.98 Å². The highest BCUT2D eigenvalue weighted by molar-refractivity contribution is 5.43. The lowest BCUT2D eigenvalue weighted by Gasteiger charge is -1.96. The van der Waals surface area contributed by atoms with Gasteiger partial charge in [-0.05, 0) is 32.1 Å². The van der Waals surface area contributed by atoms with E-state index in [-0.39, 0.29) is 0 Å². The minimum atomic E-state index is 0.625. The molecule has 0 spiro atoms. The van der Waals surface area contributed by atoms with E-state index in [0.717, 1.165) is 5.69 Å². The Morgan fingerprint density at radius 1 is 1.33 bits per heavy atom. The van der Waals surface area contributed by atoms with Crippen LogP contribution >= 0.6 is 0 Å². The Kier molecular flexibility index (Phi) is 5.41. The third kappa shape index (κ3) is 5.81. The van der Waals surface area contributed by atoms with Gasteiger partial charge in [0.1, 0.15) is 0 Å². The van der Waals surface area contributed by atoms with E-state index in [9.17, 15) is 0 Å². The summed E-state index contributed by atoms with van der Waals surface area (Å²) in [6.45, 7) is 5.43. The monoisotopic (exact) mass is 203 g/mol. The number of hydrogen-bond acceptors (Lipinski definition) is 2. The second-order valence-corrected chi connectivity index (χ2v) is 3.48. The van der Waals surface area contributed by atoms with Gasteiger partial charge in [-0.1, -0.05) is 23.8 Å². The maximum absolute atomic E-state index is 5.38. The average Bonchev–Trinajstić information content (AvgIpc) is 2.24. The van der Waals surface area contributed by atoms with E-state index < -0.39 is 0 Å². The van der Waals surface area contributed by atoms with Gasteiger partial charge in [0.2, 0.25) is 0 Å². The third-order valence-electron chi connectivity index (χ3n) is 1.80. The van der Waals surface area contributed by atoms with Gasteiger partial charge in [0, 0.05) is 6.20 Å². The molecule has 0 amide bonds. The molecule has 1 aromatic rings. The van der Waals surface area contributed by atoms with E-state index in [4.69, 9.17) is 4.74 Å². The fraction of sp³-hybridized carbons (Fsp3) is 0.308. The highest BCUT2D eigenvalue weighted by Crippen LogP contribution is 1.96. The Hall–Kier alpha value is -1.41. The number of nitrogens with zero attached hydrogens (tertiary/aromatic N) is 1. The van der Waals surface area contributed by atoms with E-state index >= 15 is 0 Å². The molecule has 0 aliphatic heterocycles. The summed E-state index contributed by atoms with van der Waals surface area (Å²) >= 11 is 0. The van der Waals surface area contributed by atoms with Crippen molar-refractivity contribution in [1.82, 2.24) is 4.98 Å². The van der Waals surface area contributed by atoms with Crippen molar-refractivity contribution in [2.24, 2.45) is 0 Å². The molecule has 15 heavy (non-hydrogen) atoms. The second-order valence-electron chi connectivity index (χ2n) is 3.48. The first-order valence-corrected chi connectivity index (χ1v) is 5.08. The number of hydrogen-bond donors (Lipinski definition) is 0. The highest BCUT2D eigenvalue weighted by Gasteiger charge is 1.84. The molecule has 0 fully saturated rings. The van der Waals surface area contributed by atoms with Gasteiger partial charge in [0.15, 0.2) is 0 Å². The van der Waals surface area contributed by atoms with Crippen LogP contribution in [0.15, 0.2) is 42.1 Å². The highest BCUT2D eigenvalue weighted by atomic mass is 16.5. The molecule has 0 saturated heterocycles. The van der Waals surface area contributed by atoms with Crippen LogP contribution in [0.3, 0.4) is 0 Å². The van der Waals surface area contributed by atoms with Gasteiger partial charge in [-0.2, -0.15) is 0 Å². The first kappa shape index (κ1) is 11.7. The number of rotatable bonds is 5. The predicted octanol–water partition coefficient (Wildman–Crippen LogP) is 3.08. The van der Waals surface area contributed by atoms with Gasteiger partial charge < -0.3 is 4.74 Å². The largest absolute Gasteiger partial charge is 0.373 e. The van der Waals surface area contributed by atoms with Crippen LogP contribution in [0.5, 0.6) is 0 Å². The zero-order valence-corrected chi connectivity index (χ0v) is 9.31. The van der Waals surface area contributed by atoms with E-state index in [1.807, 2.05) is 30.4 Å². The van der Waals surface area contributed by atoms with Crippen LogP contribution in [0.4, 0.5) is 0 Å². The zero-order valence-electron chi connectivity index (χ0n) is 9.31. The Balaban J connectivity index is 2.21. The number of aromatic nitrogens is 1. The molecule has 1 rings (SSSR count). The fourth-order valence-electron chi connectivity index (χ4n) is 1.01. The van der Waals surface area contributed by atoms with Gasteiger partial charge >= 0.3 is 0 Å². The van der Waals surface area contributed by atoms with Crippen LogP contribution in [0.1, 0.15) is 19.5 Å². The van der Waals surface area contributed by atoms with Crippen molar-refractivity contribution in [1.29, 1.82) is 0 Å². The van der Waals surface area contributed by atoms with E-state index in [0.29, 0.717) is 13.2 Å². The summed E-state index contributed by atoms with van der Waals surface area (Å²) < 4.78 is 5.38. The molecule has 0 unspecified atom stereocenters. The minimum absolute atomic E-state index is 0.625. The molecule has 0 aliphatic carbocycles. The molecule has 0 N–H and O–H groups in total. The quantitative estimate of drug-likeness (QED) is 0.542. The SMILES string of the molecule is CC(C)=CCOC/C=C/c1ccccn1. The summed E-state index contributed by atoms with van der Waals surface area (Å²) in [5, 5.41) is 0. The summed E-state index contributed by atoms with van der Waals surface area (Å²) in [4.78, 5) is 4.17. The van der Waals surface area contributed by atoms with Crippen LogP contribution < -0.4 is 0 Å². The van der Waals surface area contributed by atoms with Crippen LogP contribution in [-0.4, -0.2) is 18.2 Å². The molecule has 0 aliphatic rings. The van der Waals surface area contributed by atoms with Crippen molar-refractivity contribution < 1.29 is 4.74 Å². The second kappa shape index (κ2) is 6.96. The summed E-state index contributed by atoms with van der Waals surface area (Å²) in [5.74, 6) is 0. The molecule has 0 saturated carbocycles. The predicted molar refractivity (Wildman–Crippen MR) is 63.5 cm³/mol. The van der Waals surface area contributed by atoms with Gasteiger partial charge in [-0.15, -0.1) is 0 Å². The van der Waals surface area contributed by atoms with Crippen molar-refractivity contribution in [3.63, 3.8) is 0 Å². The molecule has 0 bridgehead atoms. The molecule has 0 aromatic carbocycles. The van der Waals surface area contributed by atoms with Crippen LogP contribution in [0, 0.1) is 0 Å². The normalized spacial score (nSPS) is 10.5. The van der Waals surface area contributed by atoms with Gasteiger partial charge in [0.05, 0.1) is 18.9 Å². The van der Waals surface area contributed by atoms with Crippen molar-refractivity contribution in [2.75, 3.05) is 13.2 Å². The fourth-order valence-corrected chi connectivity index (χ4v) is 1.01. The van der Waals surface area contributed by atoms with Crippen molar-refractivity contribution in [2.45, 2.75) is 13.8 Å². The molecule has 0 atom stereocenters. The summed E-state index contributed by atoms with van der Waals surface area (Å²) in [6.07, 6.45) is 7.78.